The fourth-order valence-electron chi connectivity index (χ4n) is 1.61. The van der Waals surface area contributed by atoms with Crippen LogP contribution in [0.15, 0.2) is 11.1 Å². The van der Waals surface area contributed by atoms with Gasteiger partial charge in [-0.15, -0.1) is 0 Å². The van der Waals surface area contributed by atoms with E-state index in [1.165, 1.54) is 13.4 Å². The minimum absolute atomic E-state index is 0.0301. The first-order chi connectivity index (χ1) is 8.12. The van der Waals surface area contributed by atoms with E-state index in [0.717, 1.165) is 12.8 Å². The highest BCUT2D eigenvalue weighted by Gasteiger charge is 2.27. The van der Waals surface area contributed by atoms with E-state index in [9.17, 15) is 9.90 Å². The van der Waals surface area contributed by atoms with Crippen molar-refractivity contribution in [2.24, 2.45) is 0 Å². The number of hydrogen-bond acceptors (Lipinski definition) is 5. The Morgan fingerprint density at radius 1 is 1.53 bits per heavy atom. The van der Waals surface area contributed by atoms with Crippen LogP contribution in [0.4, 0.5) is 5.82 Å². The number of H-pyrrole nitrogens is 1. The number of ether oxygens (including phenoxy) is 1. The lowest BCUT2D eigenvalue weighted by Crippen LogP contribution is -2.41. The minimum atomic E-state index is -0.478. The van der Waals surface area contributed by atoms with Gasteiger partial charge >= 0.3 is 0 Å². The van der Waals surface area contributed by atoms with E-state index in [1.54, 1.807) is 0 Å². The summed E-state index contributed by atoms with van der Waals surface area (Å²) in [4.78, 5) is 18.0. The maximum atomic E-state index is 11.5. The van der Waals surface area contributed by atoms with E-state index >= 15 is 0 Å². The Morgan fingerprint density at radius 2 is 2.18 bits per heavy atom. The smallest absolute Gasteiger partial charge is 0.295 e. The lowest BCUT2D eigenvalue weighted by atomic mass is 9.94. The predicted octanol–water partition coefficient (Wildman–Crippen LogP) is 0.742. The van der Waals surface area contributed by atoms with Crippen molar-refractivity contribution in [2.45, 2.75) is 32.2 Å². The van der Waals surface area contributed by atoms with Crippen LogP contribution in [0.3, 0.4) is 0 Å². The lowest BCUT2D eigenvalue weighted by Gasteiger charge is -2.31. The zero-order valence-corrected chi connectivity index (χ0v) is 10.4. The summed E-state index contributed by atoms with van der Waals surface area (Å²) in [6, 6.07) is 0. The van der Waals surface area contributed by atoms with Crippen molar-refractivity contribution in [1.82, 2.24) is 9.97 Å². The number of aromatic amines is 1. The van der Waals surface area contributed by atoms with Gasteiger partial charge in [-0.25, -0.2) is 4.98 Å². The van der Waals surface area contributed by atoms with Crippen LogP contribution in [-0.4, -0.2) is 34.3 Å². The van der Waals surface area contributed by atoms with Crippen LogP contribution < -0.4 is 15.6 Å². The number of aromatic nitrogens is 2. The molecule has 1 aromatic heterocycles. The molecule has 1 rings (SSSR count). The summed E-state index contributed by atoms with van der Waals surface area (Å²) < 4.78 is 5.01. The average Bonchev–Trinajstić information content (AvgIpc) is 2.36. The molecule has 0 radical (unpaired) electrons. The molecule has 0 aliphatic heterocycles. The van der Waals surface area contributed by atoms with Gasteiger partial charge in [0.15, 0.2) is 5.82 Å². The third-order valence-corrected chi connectivity index (χ3v) is 3.05. The van der Waals surface area contributed by atoms with Crippen LogP contribution in [0.25, 0.3) is 0 Å². The Balaban J connectivity index is 3.09. The fraction of sp³-hybridized carbons (Fsp3) is 0.636. The standard InChI is InChI=1S/C11H19N3O3/c1-4-11(5-2,6-15)14-9-8(17-3)10(16)13-7-12-9/h7,15H,4-6H2,1-3H3,(H2,12,13,14,16). The van der Waals surface area contributed by atoms with Gasteiger partial charge in [-0.05, 0) is 12.8 Å². The van der Waals surface area contributed by atoms with E-state index in [2.05, 4.69) is 15.3 Å². The molecule has 0 saturated heterocycles. The molecule has 6 nitrogen and oxygen atoms in total. The van der Waals surface area contributed by atoms with Crippen molar-refractivity contribution in [3.8, 4) is 5.75 Å². The van der Waals surface area contributed by atoms with Crippen molar-refractivity contribution in [3.05, 3.63) is 16.7 Å². The molecule has 17 heavy (non-hydrogen) atoms. The normalized spacial score (nSPS) is 11.3. The number of methoxy groups -OCH3 is 1. The zero-order chi connectivity index (χ0) is 12.9. The van der Waals surface area contributed by atoms with Gasteiger partial charge in [0, 0.05) is 0 Å². The predicted molar refractivity (Wildman–Crippen MR) is 65.4 cm³/mol. The third-order valence-electron chi connectivity index (χ3n) is 3.05. The molecule has 0 aromatic carbocycles. The monoisotopic (exact) mass is 241 g/mol. The van der Waals surface area contributed by atoms with Crippen molar-refractivity contribution in [3.63, 3.8) is 0 Å². The molecular weight excluding hydrogens is 222 g/mol. The average molecular weight is 241 g/mol. The molecule has 0 saturated carbocycles. The first kappa shape index (κ1) is 13.5. The van der Waals surface area contributed by atoms with Gasteiger partial charge in [0.25, 0.3) is 5.56 Å². The van der Waals surface area contributed by atoms with Crippen LogP contribution in [0.5, 0.6) is 5.75 Å². The van der Waals surface area contributed by atoms with Crippen LogP contribution in [0, 0.1) is 0 Å². The van der Waals surface area contributed by atoms with Crippen molar-refractivity contribution >= 4 is 5.82 Å². The number of nitrogens with zero attached hydrogens (tertiary/aromatic N) is 1. The number of anilines is 1. The summed E-state index contributed by atoms with van der Waals surface area (Å²) in [5.41, 5.74) is -0.822. The Kier molecular flexibility index (Phi) is 4.51. The first-order valence-electron chi connectivity index (χ1n) is 5.63. The quantitative estimate of drug-likeness (QED) is 0.684. The molecule has 0 aliphatic carbocycles. The van der Waals surface area contributed by atoms with E-state index in [0.29, 0.717) is 5.82 Å². The number of aliphatic hydroxyl groups excluding tert-OH is 1. The molecule has 0 spiro atoms. The van der Waals surface area contributed by atoms with Gasteiger partial charge in [-0.3, -0.25) is 4.79 Å². The molecule has 0 atom stereocenters. The van der Waals surface area contributed by atoms with Gasteiger partial charge in [-0.2, -0.15) is 0 Å². The van der Waals surface area contributed by atoms with Crippen molar-refractivity contribution in [2.75, 3.05) is 19.0 Å². The largest absolute Gasteiger partial charge is 0.489 e. The molecule has 0 fully saturated rings. The molecule has 0 bridgehead atoms. The summed E-state index contributed by atoms with van der Waals surface area (Å²) in [5.74, 6) is 0.487. The van der Waals surface area contributed by atoms with Gasteiger partial charge in [0.2, 0.25) is 5.75 Å². The second kappa shape index (κ2) is 5.67. The molecule has 1 aromatic rings. The molecule has 1 heterocycles. The fourth-order valence-corrected chi connectivity index (χ4v) is 1.61. The Bertz CT molecular complexity index is 404. The van der Waals surface area contributed by atoms with E-state index in [1.807, 2.05) is 13.8 Å². The van der Waals surface area contributed by atoms with Gasteiger partial charge in [0.1, 0.15) is 0 Å². The van der Waals surface area contributed by atoms with Crippen molar-refractivity contribution in [1.29, 1.82) is 0 Å². The van der Waals surface area contributed by atoms with E-state index in [4.69, 9.17) is 4.74 Å². The Labute approximate surface area is 100 Å². The van der Waals surface area contributed by atoms with Crippen LogP contribution in [0.1, 0.15) is 26.7 Å². The highest BCUT2D eigenvalue weighted by atomic mass is 16.5. The maximum Gasteiger partial charge on any atom is 0.295 e. The number of aliphatic hydroxyl groups is 1. The molecule has 3 N–H and O–H groups in total. The van der Waals surface area contributed by atoms with Gasteiger partial charge < -0.3 is 20.1 Å². The van der Waals surface area contributed by atoms with Crippen LogP contribution in [-0.2, 0) is 0 Å². The highest BCUT2D eigenvalue weighted by Crippen LogP contribution is 2.24. The van der Waals surface area contributed by atoms with Crippen LogP contribution in [0.2, 0.25) is 0 Å². The Morgan fingerprint density at radius 3 is 2.65 bits per heavy atom. The lowest BCUT2D eigenvalue weighted by molar-refractivity contribution is 0.201. The number of hydrogen-bond donors (Lipinski definition) is 3. The number of rotatable bonds is 6. The summed E-state index contributed by atoms with van der Waals surface area (Å²) in [5, 5.41) is 12.5. The highest BCUT2D eigenvalue weighted by molar-refractivity contribution is 5.49. The number of nitrogens with one attached hydrogen (secondary N) is 2. The Hall–Kier alpha value is -1.56. The molecule has 6 heteroatoms. The van der Waals surface area contributed by atoms with Crippen molar-refractivity contribution < 1.29 is 9.84 Å². The maximum absolute atomic E-state index is 11.5. The molecular formula is C11H19N3O3. The second-order valence-electron chi connectivity index (χ2n) is 3.88. The van der Waals surface area contributed by atoms with Gasteiger partial charge in [-0.1, -0.05) is 13.8 Å². The first-order valence-corrected chi connectivity index (χ1v) is 5.63. The van der Waals surface area contributed by atoms with E-state index in [-0.39, 0.29) is 17.9 Å². The zero-order valence-electron chi connectivity index (χ0n) is 10.4. The SMILES string of the molecule is CCC(CC)(CO)Nc1nc[nH]c(=O)c1OC. The third kappa shape index (κ3) is 2.76. The van der Waals surface area contributed by atoms with Crippen LogP contribution >= 0.6 is 0 Å². The van der Waals surface area contributed by atoms with Gasteiger partial charge in [0.05, 0.1) is 25.6 Å². The molecule has 96 valence electrons. The molecule has 0 amide bonds. The minimum Gasteiger partial charge on any atom is -0.489 e. The molecule has 0 aliphatic rings. The second-order valence-corrected chi connectivity index (χ2v) is 3.88. The summed E-state index contributed by atoms with van der Waals surface area (Å²) in [6.45, 7) is 3.90. The van der Waals surface area contributed by atoms with E-state index < -0.39 is 5.54 Å². The summed E-state index contributed by atoms with van der Waals surface area (Å²) >= 11 is 0. The summed E-state index contributed by atoms with van der Waals surface area (Å²) in [6.07, 6.45) is 2.75. The molecule has 0 unspecified atom stereocenters. The topological polar surface area (TPSA) is 87.2 Å². The summed E-state index contributed by atoms with van der Waals surface area (Å²) in [7, 11) is 1.41.